The van der Waals surface area contributed by atoms with E-state index < -0.39 is 29.9 Å². The minimum absolute atomic E-state index is 0.131. The summed E-state index contributed by atoms with van der Waals surface area (Å²) >= 11 is 0. The smallest absolute Gasteiger partial charge is 0.416 e. The van der Waals surface area contributed by atoms with Gasteiger partial charge in [0, 0.05) is 13.0 Å². The first kappa shape index (κ1) is 21.5. The molecule has 2 rings (SSSR count). The average Bonchev–Trinajstić information content (AvgIpc) is 3.07. The van der Waals surface area contributed by atoms with Crippen LogP contribution in [0.15, 0.2) is 18.2 Å². The van der Waals surface area contributed by atoms with E-state index in [0.717, 1.165) is 38.2 Å². The van der Waals surface area contributed by atoms with Crippen LogP contribution in [0.3, 0.4) is 0 Å². The second-order valence-corrected chi connectivity index (χ2v) is 7.11. The maximum atomic E-state index is 13.4. The van der Waals surface area contributed by atoms with Gasteiger partial charge in [0.15, 0.2) is 0 Å². The number of carboxylic acid groups (broad SMARTS) is 1. The fraction of sp³-hybridized carbons (Fsp3) is 0.650. The molecule has 4 nitrogen and oxygen atoms in total. The first-order chi connectivity index (χ1) is 12.8. The number of carbonyl (C=O) groups is 1. The first-order valence-corrected chi connectivity index (χ1v) is 9.64. The van der Waals surface area contributed by atoms with Gasteiger partial charge in [-0.25, -0.2) is 0 Å². The zero-order valence-corrected chi connectivity index (χ0v) is 15.6. The molecule has 152 valence electrons. The lowest BCUT2D eigenvalue weighted by Gasteiger charge is -2.17. The van der Waals surface area contributed by atoms with Crippen molar-refractivity contribution in [1.29, 1.82) is 0 Å². The number of benzene rings is 1. The number of hydrogen-bond donors (Lipinski definition) is 2. The average molecular weight is 387 g/mol. The minimum atomic E-state index is -4.44. The third-order valence-corrected chi connectivity index (χ3v) is 4.88. The number of hydrogen-bond acceptors (Lipinski definition) is 3. The van der Waals surface area contributed by atoms with Crippen molar-refractivity contribution in [3.05, 3.63) is 29.3 Å². The molecule has 0 spiro atoms. The second-order valence-electron chi connectivity index (χ2n) is 7.11. The third-order valence-electron chi connectivity index (χ3n) is 4.88. The summed E-state index contributed by atoms with van der Waals surface area (Å²) in [6.45, 7) is 2.43. The molecule has 27 heavy (non-hydrogen) atoms. The molecule has 7 heteroatoms. The van der Waals surface area contributed by atoms with Crippen LogP contribution >= 0.6 is 0 Å². The summed E-state index contributed by atoms with van der Waals surface area (Å²) in [7, 11) is 0. The molecule has 1 aromatic carbocycles. The molecule has 2 atom stereocenters. The SMILES string of the molecule is CCCCCCCCc1ccc(O[C@H]2CN[C@H](C(=O)O)C2)cc1C(F)(F)F. The maximum Gasteiger partial charge on any atom is 0.416 e. The zero-order valence-electron chi connectivity index (χ0n) is 15.6. The third kappa shape index (κ3) is 6.72. The van der Waals surface area contributed by atoms with Crippen molar-refractivity contribution in [3.8, 4) is 5.75 Å². The van der Waals surface area contributed by atoms with Crippen molar-refractivity contribution in [1.82, 2.24) is 5.32 Å². The normalized spacial score (nSPS) is 20.0. The van der Waals surface area contributed by atoms with Gasteiger partial charge in [-0.1, -0.05) is 45.1 Å². The Morgan fingerprint density at radius 3 is 2.56 bits per heavy atom. The van der Waals surface area contributed by atoms with Crippen LogP contribution in [-0.2, 0) is 17.4 Å². The van der Waals surface area contributed by atoms with Gasteiger partial charge in [0.1, 0.15) is 17.9 Å². The summed E-state index contributed by atoms with van der Waals surface area (Å²) in [6, 6.07) is 3.36. The largest absolute Gasteiger partial charge is 0.489 e. The Morgan fingerprint density at radius 2 is 1.93 bits per heavy atom. The number of aryl methyl sites for hydroxylation is 1. The molecule has 2 N–H and O–H groups in total. The molecule has 1 fully saturated rings. The van der Waals surface area contributed by atoms with E-state index >= 15 is 0 Å². The number of carboxylic acids is 1. The lowest BCUT2D eigenvalue weighted by atomic mass is 9.99. The number of halogens is 3. The molecule has 0 aromatic heterocycles. The highest BCUT2D eigenvalue weighted by atomic mass is 19.4. The first-order valence-electron chi connectivity index (χ1n) is 9.64. The Labute approximate surface area is 158 Å². The number of rotatable bonds is 10. The summed E-state index contributed by atoms with van der Waals surface area (Å²) < 4.78 is 45.9. The highest BCUT2D eigenvalue weighted by molar-refractivity contribution is 5.73. The minimum Gasteiger partial charge on any atom is -0.489 e. The molecule has 0 radical (unpaired) electrons. The lowest BCUT2D eigenvalue weighted by Crippen LogP contribution is -2.30. The number of ether oxygens (including phenoxy) is 1. The molecule has 1 aromatic rings. The van der Waals surface area contributed by atoms with Crippen LogP contribution in [0.25, 0.3) is 0 Å². The standard InChI is InChI=1S/C20H28F3NO3/c1-2-3-4-5-6-7-8-14-9-10-15(11-17(14)20(21,22)23)27-16-12-18(19(25)26)24-13-16/h9-11,16,18,24H,2-8,12-13H2,1H3,(H,25,26)/t16-,18+/m1/s1. The number of aliphatic carboxylic acids is 1. The van der Waals surface area contributed by atoms with E-state index in [1.165, 1.54) is 12.5 Å². The van der Waals surface area contributed by atoms with Crippen molar-refractivity contribution in [2.24, 2.45) is 0 Å². The zero-order chi connectivity index (χ0) is 19.9. The molecule has 1 saturated heterocycles. The van der Waals surface area contributed by atoms with Crippen molar-refractivity contribution in [3.63, 3.8) is 0 Å². The molecule has 0 bridgehead atoms. The molecular weight excluding hydrogens is 359 g/mol. The Balaban J connectivity index is 1.97. The molecule has 1 aliphatic heterocycles. The van der Waals surface area contributed by atoms with Crippen molar-refractivity contribution in [2.75, 3.05) is 6.54 Å². The van der Waals surface area contributed by atoms with Gasteiger partial charge in [-0.2, -0.15) is 13.2 Å². The summed E-state index contributed by atoms with van der Waals surface area (Å²) in [5.41, 5.74) is -0.368. The topological polar surface area (TPSA) is 58.6 Å². The van der Waals surface area contributed by atoms with E-state index in [1.807, 2.05) is 0 Å². The van der Waals surface area contributed by atoms with Gasteiger partial charge in [-0.3, -0.25) is 4.79 Å². The molecule has 0 amide bonds. The fourth-order valence-electron chi connectivity index (χ4n) is 3.38. The van der Waals surface area contributed by atoms with Crippen molar-refractivity contribution >= 4 is 5.97 Å². The van der Waals surface area contributed by atoms with Crippen LogP contribution in [0.2, 0.25) is 0 Å². The predicted octanol–water partition coefficient (Wildman–Crippen LogP) is 4.80. The number of unbranched alkanes of at least 4 members (excludes halogenated alkanes) is 5. The van der Waals surface area contributed by atoms with Crippen LogP contribution < -0.4 is 10.1 Å². The van der Waals surface area contributed by atoms with E-state index in [0.29, 0.717) is 18.5 Å². The van der Waals surface area contributed by atoms with Crippen LogP contribution in [-0.4, -0.2) is 29.8 Å². The Hall–Kier alpha value is -1.76. The highest BCUT2D eigenvalue weighted by Gasteiger charge is 2.35. The Bertz CT molecular complexity index is 619. The van der Waals surface area contributed by atoms with Gasteiger partial charge in [-0.05, 0) is 30.5 Å². The van der Waals surface area contributed by atoms with Gasteiger partial charge in [0.05, 0.1) is 5.56 Å². The summed E-state index contributed by atoms with van der Waals surface area (Å²) in [4.78, 5) is 10.9. The fourth-order valence-corrected chi connectivity index (χ4v) is 3.38. The molecule has 0 saturated carbocycles. The Morgan fingerprint density at radius 1 is 1.22 bits per heavy atom. The van der Waals surface area contributed by atoms with Gasteiger partial charge in [-0.15, -0.1) is 0 Å². The second kappa shape index (κ2) is 9.97. The van der Waals surface area contributed by atoms with Gasteiger partial charge in [0.2, 0.25) is 0 Å². The van der Waals surface area contributed by atoms with Gasteiger partial charge >= 0.3 is 12.1 Å². The summed E-state index contributed by atoms with van der Waals surface area (Å²) in [5.74, 6) is -0.849. The molecule has 1 heterocycles. The van der Waals surface area contributed by atoms with E-state index in [1.54, 1.807) is 6.07 Å². The van der Waals surface area contributed by atoms with E-state index in [2.05, 4.69) is 12.2 Å². The van der Waals surface area contributed by atoms with Gasteiger partial charge in [0.25, 0.3) is 0 Å². The highest BCUT2D eigenvalue weighted by Crippen LogP contribution is 2.35. The van der Waals surface area contributed by atoms with Crippen molar-refractivity contribution < 1.29 is 27.8 Å². The van der Waals surface area contributed by atoms with Crippen LogP contribution in [0, 0.1) is 0 Å². The van der Waals surface area contributed by atoms with Gasteiger partial charge < -0.3 is 15.2 Å². The summed E-state index contributed by atoms with van der Waals surface area (Å²) in [5, 5.41) is 11.8. The molecule has 1 aliphatic rings. The maximum absolute atomic E-state index is 13.4. The number of alkyl halides is 3. The van der Waals surface area contributed by atoms with Crippen molar-refractivity contribution in [2.45, 2.75) is 76.6 Å². The summed E-state index contributed by atoms with van der Waals surface area (Å²) in [6.07, 6.45) is 1.90. The van der Waals surface area contributed by atoms with E-state index in [-0.39, 0.29) is 12.2 Å². The van der Waals surface area contributed by atoms with Crippen LogP contribution in [0.5, 0.6) is 5.75 Å². The monoisotopic (exact) mass is 387 g/mol. The quantitative estimate of drug-likeness (QED) is 0.566. The predicted molar refractivity (Wildman–Crippen MR) is 97.0 cm³/mol. The van der Waals surface area contributed by atoms with Crippen LogP contribution in [0.4, 0.5) is 13.2 Å². The van der Waals surface area contributed by atoms with Crippen LogP contribution in [0.1, 0.15) is 63.0 Å². The number of nitrogens with one attached hydrogen (secondary N) is 1. The Kier molecular flexibility index (Phi) is 7.95. The molecular formula is C20H28F3NO3. The van der Waals surface area contributed by atoms with E-state index in [4.69, 9.17) is 9.84 Å². The van der Waals surface area contributed by atoms with E-state index in [9.17, 15) is 18.0 Å². The molecule has 0 unspecified atom stereocenters. The molecule has 0 aliphatic carbocycles. The lowest BCUT2D eigenvalue weighted by molar-refractivity contribution is -0.139.